The van der Waals surface area contributed by atoms with Gasteiger partial charge in [0.25, 0.3) is 0 Å². The second-order valence-corrected chi connectivity index (χ2v) is 2.82. The topological polar surface area (TPSA) is 62.2 Å². The molecule has 0 fully saturated rings. The molecule has 0 aliphatic carbocycles. The molecule has 1 aromatic heterocycles. The monoisotopic (exact) mass is 192 g/mol. The Morgan fingerprint density at radius 2 is 2.43 bits per heavy atom. The Labute approximate surface area is 82.3 Å². The number of carboxylic acid groups (broad SMARTS) is 1. The van der Waals surface area contributed by atoms with Crippen molar-refractivity contribution in [3.8, 4) is 0 Å². The van der Waals surface area contributed by atoms with Gasteiger partial charge in [-0.2, -0.15) is 0 Å². The molecule has 0 saturated carbocycles. The normalized spacial score (nSPS) is 9.50. The molecule has 1 heterocycles. The van der Waals surface area contributed by atoms with Crippen LogP contribution in [-0.4, -0.2) is 22.6 Å². The van der Waals surface area contributed by atoms with Gasteiger partial charge in [-0.15, -0.1) is 6.58 Å². The summed E-state index contributed by atoms with van der Waals surface area (Å²) in [7, 11) is 0. The number of nitrogens with zero attached hydrogens (tertiary/aromatic N) is 1. The summed E-state index contributed by atoms with van der Waals surface area (Å²) in [6.45, 7) is 5.84. The summed E-state index contributed by atoms with van der Waals surface area (Å²) in [5, 5.41) is 11.7. The third-order valence-corrected chi connectivity index (χ3v) is 1.68. The van der Waals surface area contributed by atoms with Crippen molar-refractivity contribution in [3.63, 3.8) is 0 Å². The van der Waals surface area contributed by atoms with Crippen LogP contribution in [-0.2, 0) is 0 Å². The minimum absolute atomic E-state index is 0.178. The van der Waals surface area contributed by atoms with Crippen LogP contribution in [0.2, 0.25) is 0 Å². The van der Waals surface area contributed by atoms with Crippen molar-refractivity contribution in [2.75, 3.05) is 11.9 Å². The highest BCUT2D eigenvalue weighted by atomic mass is 16.4. The lowest BCUT2D eigenvalue weighted by Gasteiger charge is -2.06. The molecule has 2 N–H and O–H groups in total. The second-order valence-electron chi connectivity index (χ2n) is 2.82. The van der Waals surface area contributed by atoms with E-state index in [1.54, 1.807) is 12.1 Å². The maximum absolute atomic E-state index is 10.8. The molecule has 1 rings (SSSR count). The van der Waals surface area contributed by atoms with Gasteiger partial charge < -0.3 is 10.4 Å². The van der Waals surface area contributed by atoms with Crippen LogP contribution in [0.5, 0.6) is 0 Å². The standard InChI is InChI=1S/C10H12N2O2/c1-3-6-11-9-8(10(13)14)5-4-7(2)12-9/h3-5H,1,6H2,2H3,(H,11,12)(H,13,14). The van der Waals surface area contributed by atoms with Crippen LogP contribution >= 0.6 is 0 Å². The van der Waals surface area contributed by atoms with E-state index in [1.165, 1.54) is 6.07 Å². The lowest BCUT2D eigenvalue weighted by molar-refractivity contribution is 0.0697. The Hall–Kier alpha value is -1.84. The summed E-state index contributed by atoms with van der Waals surface area (Å²) in [6.07, 6.45) is 1.65. The number of nitrogens with one attached hydrogen (secondary N) is 1. The van der Waals surface area contributed by atoms with E-state index >= 15 is 0 Å². The second kappa shape index (κ2) is 4.41. The van der Waals surface area contributed by atoms with Crippen LogP contribution in [0.1, 0.15) is 16.1 Å². The lowest BCUT2D eigenvalue weighted by Crippen LogP contribution is -2.08. The fourth-order valence-corrected chi connectivity index (χ4v) is 1.03. The number of carbonyl (C=O) groups is 1. The van der Waals surface area contributed by atoms with Crippen molar-refractivity contribution in [1.82, 2.24) is 4.98 Å². The van der Waals surface area contributed by atoms with Crippen LogP contribution in [0.4, 0.5) is 5.82 Å². The van der Waals surface area contributed by atoms with Gasteiger partial charge >= 0.3 is 5.97 Å². The molecule has 0 unspecified atom stereocenters. The van der Waals surface area contributed by atoms with Crippen LogP contribution in [0.3, 0.4) is 0 Å². The first-order valence-electron chi connectivity index (χ1n) is 4.21. The lowest BCUT2D eigenvalue weighted by atomic mass is 10.2. The van der Waals surface area contributed by atoms with E-state index in [1.807, 2.05) is 6.92 Å². The molecule has 0 amide bonds. The van der Waals surface area contributed by atoms with E-state index in [-0.39, 0.29) is 5.56 Å². The molecule has 4 heteroatoms. The van der Waals surface area contributed by atoms with Crippen LogP contribution in [0, 0.1) is 6.92 Å². The minimum Gasteiger partial charge on any atom is -0.478 e. The molecule has 0 aliphatic rings. The highest BCUT2D eigenvalue weighted by Gasteiger charge is 2.10. The van der Waals surface area contributed by atoms with Crippen LogP contribution in [0.15, 0.2) is 24.8 Å². The number of rotatable bonds is 4. The maximum Gasteiger partial charge on any atom is 0.339 e. The van der Waals surface area contributed by atoms with Gasteiger partial charge in [0.05, 0.1) is 0 Å². The zero-order valence-electron chi connectivity index (χ0n) is 7.95. The van der Waals surface area contributed by atoms with Gasteiger partial charge in [0.1, 0.15) is 11.4 Å². The Morgan fingerprint density at radius 1 is 1.71 bits per heavy atom. The molecular weight excluding hydrogens is 180 g/mol. The number of aryl methyl sites for hydroxylation is 1. The average molecular weight is 192 g/mol. The van der Waals surface area contributed by atoms with Crippen molar-refractivity contribution in [1.29, 1.82) is 0 Å². The van der Waals surface area contributed by atoms with E-state index in [2.05, 4.69) is 16.9 Å². The van der Waals surface area contributed by atoms with E-state index in [9.17, 15) is 4.79 Å². The summed E-state index contributed by atoms with van der Waals surface area (Å²) >= 11 is 0. The van der Waals surface area contributed by atoms with Crippen molar-refractivity contribution in [2.24, 2.45) is 0 Å². The zero-order chi connectivity index (χ0) is 10.6. The molecular formula is C10H12N2O2. The Morgan fingerprint density at radius 3 is 3.00 bits per heavy atom. The Kier molecular flexibility index (Phi) is 3.23. The number of hydrogen-bond acceptors (Lipinski definition) is 3. The first-order chi connectivity index (χ1) is 6.65. The molecule has 0 radical (unpaired) electrons. The largest absolute Gasteiger partial charge is 0.478 e. The van der Waals surface area contributed by atoms with E-state index in [0.29, 0.717) is 12.4 Å². The molecule has 0 aromatic carbocycles. The summed E-state index contributed by atoms with van der Waals surface area (Å²) in [5.41, 5.74) is 0.957. The fourth-order valence-electron chi connectivity index (χ4n) is 1.03. The highest BCUT2D eigenvalue weighted by molar-refractivity contribution is 5.93. The van der Waals surface area contributed by atoms with E-state index in [4.69, 9.17) is 5.11 Å². The Bertz CT molecular complexity index is 361. The Balaban J connectivity index is 3.02. The highest BCUT2D eigenvalue weighted by Crippen LogP contribution is 2.12. The van der Waals surface area contributed by atoms with Gasteiger partial charge in [0.15, 0.2) is 0 Å². The van der Waals surface area contributed by atoms with Crippen molar-refractivity contribution < 1.29 is 9.90 Å². The van der Waals surface area contributed by atoms with E-state index in [0.717, 1.165) is 5.69 Å². The molecule has 1 aromatic rings. The number of aromatic carboxylic acids is 1. The van der Waals surface area contributed by atoms with E-state index < -0.39 is 5.97 Å². The molecule has 74 valence electrons. The molecule has 0 aliphatic heterocycles. The summed E-state index contributed by atoms with van der Waals surface area (Å²) in [5.74, 6) is -0.596. The van der Waals surface area contributed by atoms with Gasteiger partial charge in [0, 0.05) is 12.2 Å². The predicted octanol–water partition coefficient (Wildman–Crippen LogP) is 1.69. The van der Waals surface area contributed by atoms with Crippen LogP contribution in [0.25, 0.3) is 0 Å². The smallest absolute Gasteiger partial charge is 0.339 e. The summed E-state index contributed by atoms with van der Waals surface area (Å²) in [6, 6.07) is 3.21. The van der Waals surface area contributed by atoms with Gasteiger partial charge in [-0.1, -0.05) is 6.08 Å². The van der Waals surface area contributed by atoms with Crippen molar-refractivity contribution in [2.45, 2.75) is 6.92 Å². The number of aromatic nitrogens is 1. The third-order valence-electron chi connectivity index (χ3n) is 1.68. The predicted molar refractivity (Wildman–Crippen MR) is 54.6 cm³/mol. The molecule has 4 nitrogen and oxygen atoms in total. The van der Waals surface area contributed by atoms with Gasteiger partial charge in [0.2, 0.25) is 0 Å². The number of pyridine rings is 1. The minimum atomic E-state index is -0.982. The van der Waals surface area contributed by atoms with Gasteiger partial charge in [-0.3, -0.25) is 0 Å². The maximum atomic E-state index is 10.8. The third kappa shape index (κ3) is 2.32. The van der Waals surface area contributed by atoms with Crippen LogP contribution < -0.4 is 5.32 Å². The molecule has 0 bridgehead atoms. The number of carboxylic acids is 1. The van der Waals surface area contributed by atoms with Gasteiger partial charge in [-0.25, -0.2) is 9.78 Å². The molecule has 0 atom stereocenters. The summed E-state index contributed by atoms with van der Waals surface area (Å²) in [4.78, 5) is 14.9. The molecule has 0 spiro atoms. The van der Waals surface area contributed by atoms with Crippen molar-refractivity contribution in [3.05, 3.63) is 36.0 Å². The molecule has 0 saturated heterocycles. The average Bonchev–Trinajstić information content (AvgIpc) is 2.14. The van der Waals surface area contributed by atoms with Gasteiger partial charge in [-0.05, 0) is 19.1 Å². The first kappa shape index (κ1) is 10.2. The molecule has 14 heavy (non-hydrogen) atoms. The van der Waals surface area contributed by atoms with Crippen molar-refractivity contribution >= 4 is 11.8 Å². The number of anilines is 1. The first-order valence-corrected chi connectivity index (χ1v) is 4.21. The zero-order valence-corrected chi connectivity index (χ0v) is 7.95. The summed E-state index contributed by atoms with van der Waals surface area (Å²) < 4.78 is 0. The fraction of sp³-hybridized carbons (Fsp3) is 0.200. The number of hydrogen-bond donors (Lipinski definition) is 2. The quantitative estimate of drug-likeness (QED) is 0.712. The SMILES string of the molecule is C=CCNc1nc(C)ccc1C(=O)O.